The van der Waals surface area contributed by atoms with Crippen LogP contribution >= 0.6 is 0 Å². The molecule has 9 N–H and O–H groups in total. The van der Waals surface area contributed by atoms with Gasteiger partial charge in [0, 0.05) is 6.42 Å². The molecule has 2 saturated heterocycles. The van der Waals surface area contributed by atoms with E-state index in [-0.39, 0.29) is 12.5 Å². The largest absolute Gasteiger partial charge is 0.394 e. The van der Waals surface area contributed by atoms with Gasteiger partial charge in [0.2, 0.25) is 5.91 Å². The van der Waals surface area contributed by atoms with Crippen LogP contribution in [-0.2, 0) is 23.7 Å². The average molecular weight is 1260 g/mol. The number of allylic oxidation sites excluding steroid dienone is 8. The standard InChI is InChI=1S/C75H139NO13/c1-3-5-7-9-11-13-15-17-19-21-23-25-26-27-28-29-30-31-32-33-34-35-36-37-38-39-41-43-45-47-49-51-53-55-57-59-67(80)76-63(64(79)58-56-54-52-50-48-46-44-42-40-24-22-20-18-16-14-12-10-8-6-4-2)62-86-74-72(85)70(83)73(66(61-78)88-74)89-75-71(84)69(82)68(81)65(60-77)87-75/h5,7,11,13,17,19,23,25,63-66,68-75,77-79,81-85H,3-4,6,8-10,12,14-16,18,20-22,24,26-62H2,1-2H3,(H,76,80)/b7-5-,13-11-,19-17-,25-23-. The number of carbonyl (C=O) groups is 1. The highest BCUT2D eigenvalue weighted by Gasteiger charge is 2.51. The van der Waals surface area contributed by atoms with Crippen molar-refractivity contribution in [3.8, 4) is 0 Å². The van der Waals surface area contributed by atoms with Crippen LogP contribution in [0.4, 0.5) is 0 Å². The van der Waals surface area contributed by atoms with Crippen molar-refractivity contribution in [1.82, 2.24) is 5.32 Å². The molecule has 2 rings (SSSR count). The minimum atomic E-state index is -1.78. The molecule has 2 fully saturated rings. The van der Waals surface area contributed by atoms with Crippen LogP contribution < -0.4 is 5.32 Å². The number of ether oxygens (including phenoxy) is 4. The Bertz CT molecular complexity index is 1680. The summed E-state index contributed by atoms with van der Waals surface area (Å²) in [5.41, 5.74) is 0. The quantitative estimate of drug-likeness (QED) is 0.0204. The molecule has 0 spiro atoms. The van der Waals surface area contributed by atoms with Crippen molar-refractivity contribution in [3.63, 3.8) is 0 Å². The first-order chi connectivity index (χ1) is 43.6. The van der Waals surface area contributed by atoms with E-state index < -0.39 is 86.8 Å². The number of hydrogen-bond acceptors (Lipinski definition) is 13. The third-order valence-corrected chi connectivity index (χ3v) is 18.3. The van der Waals surface area contributed by atoms with Gasteiger partial charge in [-0.15, -0.1) is 0 Å². The highest BCUT2D eigenvalue weighted by Crippen LogP contribution is 2.30. The van der Waals surface area contributed by atoms with Crippen molar-refractivity contribution in [2.24, 2.45) is 0 Å². The average Bonchev–Trinajstić information content (AvgIpc) is 3.62. The van der Waals surface area contributed by atoms with E-state index in [1.807, 2.05) is 0 Å². The maximum absolute atomic E-state index is 13.4. The first-order valence-corrected chi connectivity index (χ1v) is 37.4. The van der Waals surface area contributed by atoms with E-state index in [4.69, 9.17) is 18.9 Å². The maximum Gasteiger partial charge on any atom is 0.220 e. The first-order valence-electron chi connectivity index (χ1n) is 37.4. The maximum atomic E-state index is 13.4. The van der Waals surface area contributed by atoms with E-state index >= 15 is 0 Å². The van der Waals surface area contributed by atoms with E-state index in [1.165, 1.54) is 225 Å². The normalized spacial score (nSPS) is 23.3. The number of aliphatic hydroxyl groups is 8. The number of carbonyl (C=O) groups excluding carboxylic acids is 1. The monoisotopic (exact) mass is 1260 g/mol. The summed E-state index contributed by atoms with van der Waals surface area (Å²) >= 11 is 0. The summed E-state index contributed by atoms with van der Waals surface area (Å²) in [4.78, 5) is 13.4. The van der Waals surface area contributed by atoms with Gasteiger partial charge in [-0.2, -0.15) is 0 Å². The van der Waals surface area contributed by atoms with Gasteiger partial charge in [-0.05, 0) is 51.4 Å². The smallest absolute Gasteiger partial charge is 0.220 e. The Balaban J connectivity index is 1.60. The van der Waals surface area contributed by atoms with E-state index in [1.54, 1.807) is 0 Å². The zero-order chi connectivity index (χ0) is 64.5. The summed E-state index contributed by atoms with van der Waals surface area (Å²) in [7, 11) is 0. The Morgan fingerprint density at radius 2 is 0.775 bits per heavy atom. The number of rotatable bonds is 62. The highest BCUT2D eigenvalue weighted by molar-refractivity contribution is 5.76. The van der Waals surface area contributed by atoms with Gasteiger partial charge in [-0.3, -0.25) is 4.79 Å². The van der Waals surface area contributed by atoms with Gasteiger partial charge >= 0.3 is 0 Å². The molecule has 522 valence electrons. The van der Waals surface area contributed by atoms with Gasteiger partial charge in [-0.25, -0.2) is 0 Å². The second-order valence-electron chi connectivity index (χ2n) is 26.4. The molecule has 0 radical (unpaired) electrons. The predicted octanol–water partition coefficient (Wildman–Crippen LogP) is 15.9. The predicted molar refractivity (Wildman–Crippen MR) is 364 cm³/mol. The molecule has 0 bridgehead atoms. The summed E-state index contributed by atoms with van der Waals surface area (Å²) < 4.78 is 22.9. The Morgan fingerprint density at radius 1 is 0.416 bits per heavy atom. The molecule has 0 aromatic heterocycles. The summed E-state index contributed by atoms with van der Waals surface area (Å²) in [5, 5.41) is 87.7. The van der Waals surface area contributed by atoms with E-state index in [0.717, 1.165) is 77.0 Å². The molecule has 0 aromatic carbocycles. The lowest BCUT2D eigenvalue weighted by Crippen LogP contribution is -2.65. The van der Waals surface area contributed by atoms with E-state index in [9.17, 15) is 45.6 Å². The lowest BCUT2D eigenvalue weighted by Gasteiger charge is -2.46. The molecule has 0 aromatic rings. The van der Waals surface area contributed by atoms with Crippen LogP contribution in [0.15, 0.2) is 48.6 Å². The number of hydrogen-bond donors (Lipinski definition) is 9. The Kier molecular flexibility index (Phi) is 55.7. The third kappa shape index (κ3) is 43.5. The van der Waals surface area contributed by atoms with Crippen LogP contribution in [-0.4, -0.2) is 140 Å². The molecule has 12 atom stereocenters. The van der Waals surface area contributed by atoms with Crippen LogP contribution in [0.3, 0.4) is 0 Å². The fourth-order valence-electron chi connectivity index (χ4n) is 12.4. The molecular weight excluding hydrogens is 1120 g/mol. The van der Waals surface area contributed by atoms with Crippen LogP contribution in [0.25, 0.3) is 0 Å². The molecular formula is C75H139NO13. The van der Waals surface area contributed by atoms with E-state index in [0.29, 0.717) is 12.8 Å². The van der Waals surface area contributed by atoms with E-state index in [2.05, 4.69) is 67.8 Å². The molecule has 1 amide bonds. The SMILES string of the molecule is CC/C=C\C/C=C\C/C=C\C/C=C\CCCCCCCCCCCCCCCCCCCCCCCCC(=O)NC(COC1OC(CO)C(OC2OC(CO)C(O)C(O)C2O)C(O)C1O)C(O)CCCCCCCCCCCCCCCCCCCCCC. The zero-order valence-corrected chi connectivity index (χ0v) is 56.9. The molecule has 12 unspecified atom stereocenters. The first kappa shape index (κ1) is 83.0. The molecule has 2 heterocycles. The molecule has 14 heteroatoms. The van der Waals surface area contributed by atoms with Gasteiger partial charge in [0.1, 0.15) is 48.8 Å². The van der Waals surface area contributed by atoms with Crippen LogP contribution in [0.5, 0.6) is 0 Å². The zero-order valence-electron chi connectivity index (χ0n) is 56.9. The van der Waals surface area contributed by atoms with Crippen molar-refractivity contribution in [3.05, 3.63) is 48.6 Å². The molecule has 2 aliphatic heterocycles. The number of aliphatic hydroxyl groups excluding tert-OH is 8. The fraction of sp³-hybridized carbons (Fsp3) is 0.880. The molecule has 0 aliphatic carbocycles. The van der Waals surface area contributed by atoms with Crippen molar-refractivity contribution >= 4 is 5.91 Å². The Morgan fingerprint density at radius 3 is 1.19 bits per heavy atom. The Labute approximate surface area is 543 Å². The molecule has 89 heavy (non-hydrogen) atoms. The van der Waals surface area contributed by atoms with Gasteiger partial charge in [-0.1, -0.05) is 319 Å². The van der Waals surface area contributed by atoms with Crippen molar-refractivity contribution in [2.75, 3.05) is 19.8 Å². The third-order valence-electron chi connectivity index (χ3n) is 18.3. The molecule has 2 aliphatic rings. The van der Waals surface area contributed by atoms with Gasteiger partial charge in [0.15, 0.2) is 12.6 Å². The topological polar surface area (TPSA) is 228 Å². The number of nitrogens with one attached hydrogen (secondary N) is 1. The number of unbranched alkanes of at least 4 members (excludes halogenated alkanes) is 41. The fourth-order valence-corrected chi connectivity index (χ4v) is 12.4. The minimum Gasteiger partial charge on any atom is -0.394 e. The van der Waals surface area contributed by atoms with Crippen molar-refractivity contribution in [2.45, 2.75) is 402 Å². The summed E-state index contributed by atoms with van der Waals surface area (Å²) in [6.45, 7) is 2.80. The van der Waals surface area contributed by atoms with Crippen LogP contribution in [0.2, 0.25) is 0 Å². The summed E-state index contributed by atoms with van der Waals surface area (Å²) in [6.07, 6.45) is 61.4. The van der Waals surface area contributed by atoms with Crippen molar-refractivity contribution < 1.29 is 64.6 Å². The lowest BCUT2D eigenvalue weighted by atomic mass is 9.97. The highest BCUT2D eigenvalue weighted by atomic mass is 16.7. The lowest BCUT2D eigenvalue weighted by molar-refractivity contribution is -0.359. The second kappa shape index (κ2) is 59.7. The van der Waals surface area contributed by atoms with Crippen LogP contribution in [0, 0.1) is 0 Å². The molecule has 0 saturated carbocycles. The van der Waals surface area contributed by atoms with Gasteiger partial charge in [0.05, 0.1) is 32.0 Å². The summed E-state index contributed by atoms with van der Waals surface area (Å²) in [5.74, 6) is -0.200. The molecule has 14 nitrogen and oxygen atoms in total. The number of amides is 1. The van der Waals surface area contributed by atoms with Gasteiger partial charge in [0.25, 0.3) is 0 Å². The summed E-state index contributed by atoms with van der Waals surface area (Å²) in [6, 6.07) is -0.828. The van der Waals surface area contributed by atoms with Crippen LogP contribution in [0.1, 0.15) is 328 Å². The Hall–Kier alpha value is -2.05. The van der Waals surface area contributed by atoms with Crippen molar-refractivity contribution in [1.29, 1.82) is 0 Å². The minimum absolute atomic E-state index is 0.200. The van der Waals surface area contributed by atoms with Gasteiger partial charge < -0.3 is 65.1 Å². The second-order valence-corrected chi connectivity index (χ2v) is 26.4.